The van der Waals surface area contributed by atoms with Crippen LogP contribution in [-0.2, 0) is 16.8 Å². The lowest BCUT2D eigenvalue weighted by Crippen LogP contribution is -2.00. The normalized spacial score (nSPS) is 12.3. The summed E-state index contributed by atoms with van der Waals surface area (Å²) >= 11 is -2.11. The van der Waals surface area contributed by atoms with Crippen molar-refractivity contribution in [3.8, 4) is 17.1 Å². The van der Waals surface area contributed by atoms with Gasteiger partial charge < -0.3 is 4.55 Å². The van der Waals surface area contributed by atoms with Gasteiger partial charge in [-0.1, -0.05) is 47.0 Å². The third-order valence-electron chi connectivity index (χ3n) is 3.33. The van der Waals surface area contributed by atoms with Crippen LogP contribution >= 0.6 is 0 Å². The molecule has 0 aliphatic heterocycles. The van der Waals surface area contributed by atoms with Crippen LogP contribution in [0.25, 0.3) is 17.1 Å². The second-order valence-electron chi connectivity index (χ2n) is 4.99. The van der Waals surface area contributed by atoms with Crippen LogP contribution in [-0.4, -0.2) is 23.3 Å². The molecule has 0 aliphatic rings. The number of benzene rings is 1. The van der Waals surface area contributed by atoms with Crippen LogP contribution < -0.4 is 0 Å². The van der Waals surface area contributed by atoms with Crippen LogP contribution in [0.15, 0.2) is 55.1 Å². The first-order valence-corrected chi connectivity index (χ1v) is 7.98. The third-order valence-corrected chi connectivity index (χ3v) is 3.90. The number of hydrogen-bond acceptors (Lipinski definition) is 4. The second kappa shape index (κ2) is 6.21. The molecule has 5 nitrogen and oxygen atoms in total. The summed E-state index contributed by atoms with van der Waals surface area (Å²) in [7, 11) is 0. The number of aryl methyl sites for hydroxylation is 1. The molecule has 0 N–H and O–H groups in total. The minimum atomic E-state index is -2.11. The molecule has 0 radical (unpaired) electrons. The first-order chi connectivity index (χ1) is 10.6. The standard InChI is InChI=1S/C16H15N3O2S/c1-12-2-5-14(6-3-12)15-9-17-11-19(15)16-7-4-13(8-18-16)10-22(20)21/h2-9,11H,10H2,1H3,(H,20,21)/p-1. The molecule has 2 aromatic heterocycles. The van der Waals surface area contributed by atoms with E-state index in [1.807, 2.05) is 35.8 Å². The lowest BCUT2D eigenvalue weighted by molar-refractivity contribution is 0.536. The van der Waals surface area contributed by atoms with Gasteiger partial charge in [0.25, 0.3) is 0 Å². The van der Waals surface area contributed by atoms with E-state index in [1.54, 1.807) is 30.9 Å². The van der Waals surface area contributed by atoms with Gasteiger partial charge in [0.2, 0.25) is 0 Å². The highest BCUT2D eigenvalue weighted by Crippen LogP contribution is 2.22. The molecule has 1 aromatic carbocycles. The van der Waals surface area contributed by atoms with Crippen molar-refractivity contribution in [2.75, 3.05) is 0 Å². The van der Waals surface area contributed by atoms with Gasteiger partial charge in [-0.05, 0) is 18.6 Å². The van der Waals surface area contributed by atoms with Crippen molar-refractivity contribution < 1.29 is 8.76 Å². The quantitative estimate of drug-likeness (QED) is 0.694. The Morgan fingerprint density at radius 1 is 1.14 bits per heavy atom. The molecule has 3 aromatic rings. The van der Waals surface area contributed by atoms with E-state index < -0.39 is 11.1 Å². The highest BCUT2D eigenvalue weighted by molar-refractivity contribution is 7.78. The van der Waals surface area contributed by atoms with Crippen LogP contribution in [0.5, 0.6) is 0 Å². The van der Waals surface area contributed by atoms with Gasteiger partial charge in [0, 0.05) is 17.5 Å². The molecule has 1 unspecified atom stereocenters. The Bertz CT molecular complexity index is 795. The summed E-state index contributed by atoms with van der Waals surface area (Å²) in [6, 6.07) is 11.7. The number of nitrogens with zero attached hydrogens (tertiary/aromatic N) is 3. The van der Waals surface area contributed by atoms with Gasteiger partial charge in [-0.15, -0.1) is 0 Å². The molecule has 1 atom stereocenters. The van der Waals surface area contributed by atoms with E-state index in [-0.39, 0.29) is 5.75 Å². The lowest BCUT2D eigenvalue weighted by Gasteiger charge is -2.09. The molecule has 0 saturated heterocycles. The van der Waals surface area contributed by atoms with Crippen molar-refractivity contribution in [2.45, 2.75) is 12.7 Å². The first kappa shape index (κ1) is 14.6. The molecule has 3 rings (SSSR count). The predicted molar refractivity (Wildman–Crippen MR) is 84.2 cm³/mol. The maximum Gasteiger partial charge on any atom is 0.138 e. The summed E-state index contributed by atoms with van der Waals surface area (Å²) in [6.45, 7) is 2.04. The monoisotopic (exact) mass is 312 g/mol. The van der Waals surface area contributed by atoms with Crippen molar-refractivity contribution >= 4 is 11.1 Å². The van der Waals surface area contributed by atoms with E-state index in [0.717, 1.165) is 11.3 Å². The predicted octanol–water partition coefficient (Wildman–Crippen LogP) is 2.62. The van der Waals surface area contributed by atoms with Crippen LogP contribution in [0.4, 0.5) is 0 Å². The molecule has 0 spiro atoms. The minimum absolute atomic E-state index is 0.0258. The number of hydrogen-bond donors (Lipinski definition) is 0. The van der Waals surface area contributed by atoms with Crippen molar-refractivity contribution in [1.29, 1.82) is 0 Å². The molecule has 0 bridgehead atoms. The molecule has 6 heteroatoms. The van der Waals surface area contributed by atoms with E-state index >= 15 is 0 Å². The summed E-state index contributed by atoms with van der Waals surface area (Å²) in [6.07, 6.45) is 5.06. The van der Waals surface area contributed by atoms with Gasteiger partial charge in [-0.2, -0.15) is 0 Å². The Labute approximate surface area is 131 Å². The molecule has 0 saturated carbocycles. The second-order valence-corrected chi connectivity index (χ2v) is 5.88. The highest BCUT2D eigenvalue weighted by Gasteiger charge is 2.08. The number of aromatic nitrogens is 3. The zero-order valence-electron chi connectivity index (χ0n) is 12.0. The van der Waals surface area contributed by atoms with Crippen molar-refractivity contribution in [1.82, 2.24) is 14.5 Å². The fourth-order valence-corrected chi connectivity index (χ4v) is 2.64. The molecule has 2 heterocycles. The fourth-order valence-electron chi connectivity index (χ4n) is 2.20. The average molecular weight is 312 g/mol. The van der Waals surface area contributed by atoms with Gasteiger partial charge in [0.15, 0.2) is 0 Å². The minimum Gasteiger partial charge on any atom is -0.772 e. The van der Waals surface area contributed by atoms with E-state index in [9.17, 15) is 8.76 Å². The summed E-state index contributed by atoms with van der Waals surface area (Å²) in [5.41, 5.74) is 3.85. The van der Waals surface area contributed by atoms with Gasteiger partial charge >= 0.3 is 0 Å². The van der Waals surface area contributed by atoms with Crippen LogP contribution in [0.3, 0.4) is 0 Å². The van der Waals surface area contributed by atoms with Crippen molar-refractivity contribution in [2.24, 2.45) is 0 Å². The maximum atomic E-state index is 10.7. The maximum absolute atomic E-state index is 10.7. The number of pyridine rings is 1. The zero-order valence-corrected chi connectivity index (χ0v) is 12.8. The van der Waals surface area contributed by atoms with Crippen LogP contribution in [0.2, 0.25) is 0 Å². The van der Waals surface area contributed by atoms with Crippen LogP contribution in [0, 0.1) is 6.92 Å². The summed E-state index contributed by atoms with van der Waals surface area (Å²) in [5, 5.41) is 0. The SMILES string of the molecule is Cc1ccc(-c2cncn2-c2ccc(CS(=O)[O-])cn2)cc1. The van der Waals surface area contributed by atoms with E-state index in [4.69, 9.17) is 0 Å². The molecular formula is C16H14N3O2S-. The molecule has 0 fully saturated rings. The Hall–Kier alpha value is -2.31. The van der Waals surface area contributed by atoms with E-state index in [0.29, 0.717) is 11.4 Å². The number of rotatable bonds is 4. The van der Waals surface area contributed by atoms with Crippen molar-refractivity contribution in [3.63, 3.8) is 0 Å². The lowest BCUT2D eigenvalue weighted by atomic mass is 10.1. The first-order valence-electron chi connectivity index (χ1n) is 6.74. The fraction of sp³-hybridized carbons (Fsp3) is 0.125. The topological polar surface area (TPSA) is 70.8 Å². The molecule has 22 heavy (non-hydrogen) atoms. The van der Waals surface area contributed by atoms with Gasteiger partial charge in [-0.25, -0.2) is 9.97 Å². The summed E-state index contributed by atoms with van der Waals surface area (Å²) < 4.78 is 23.3. The number of imidazole rings is 1. The Morgan fingerprint density at radius 3 is 2.55 bits per heavy atom. The van der Waals surface area contributed by atoms with Gasteiger partial charge in [-0.3, -0.25) is 8.78 Å². The van der Waals surface area contributed by atoms with Crippen molar-refractivity contribution in [3.05, 3.63) is 66.2 Å². The molecular weight excluding hydrogens is 298 g/mol. The third kappa shape index (κ3) is 3.13. The van der Waals surface area contributed by atoms with Gasteiger partial charge in [0.05, 0.1) is 11.9 Å². The van der Waals surface area contributed by atoms with Crippen LogP contribution in [0.1, 0.15) is 11.1 Å². The Kier molecular flexibility index (Phi) is 4.13. The Morgan fingerprint density at radius 2 is 1.91 bits per heavy atom. The van der Waals surface area contributed by atoms with E-state index in [2.05, 4.69) is 9.97 Å². The summed E-state index contributed by atoms with van der Waals surface area (Å²) in [4.78, 5) is 8.52. The van der Waals surface area contributed by atoms with Gasteiger partial charge in [0.1, 0.15) is 12.1 Å². The average Bonchev–Trinajstić information content (AvgIpc) is 2.97. The molecule has 112 valence electrons. The smallest absolute Gasteiger partial charge is 0.138 e. The zero-order chi connectivity index (χ0) is 15.5. The summed E-state index contributed by atoms with van der Waals surface area (Å²) in [5.74, 6) is 0.677. The molecule has 0 amide bonds. The Balaban J connectivity index is 1.94. The molecule has 0 aliphatic carbocycles. The highest BCUT2D eigenvalue weighted by atomic mass is 32.2. The largest absolute Gasteiger partial charge is 0.772 e. The van der Waals surface area contributed by atoms with E-state index in [1.165, 1.54) is 5.56 Å².